The zero-order valence-electron chi connectivity index (χ0n) is 17.8. The lowest BCUT2D eigenvalue weighted by Gasteiger charge is -2.11. The molecule has 0 spiro atoms. The van der Waals surface area contributed by atoms with Crippen LogP contribution in [0.3, 0.4) is 0 Å². The van der Waals surface area contributed by atoms with Crippen molar-refractivity contribution in [1.82, 2.24) is 10.7 Å². The molecule has 0 atom stereocenters. The highest BCUT2D eigenvalue weighted by Crippen LogP contribution is 2.21. The van der Waals surface area contributed by atoms with Crippen molar-refractivity contribution in [3.63, 3.8) is 0 Å². The number of benzene rings is 3. The van der Waals surface area contributed by atoms with Crippen LogP contribution in [0, 0.1) is 6.92 Å². The molecule has 7 nitrogen and oxygen atoms in total. The Bertz CT molecular complexity index is 1160. The minimum Gasteiger partial charge on any atom is -0.422 e. The van der Waals surface area contributed by atoms with E-state index in [2.05, 4.69) is 15.8 Å². The first kappa shape index (κ1) is 22.4. The molecule has 3 aromatic rings. The molecule has 0 aliphatic heterocycles. The average Bonchev–Trinajstić information content (AvgIpc) is 2.82. The van der Waals surface area contributed by atoms with Crippen LogP contribution in [0.5, 0.6) is 5.75 Å². The largest absolute Gasteiger partial charge is 0.422 e. The van der Waals surface area contributed by atoms with Gasteiger partial charge in [0.15, 0.2) is 0 Å². The molecule has 0 fully saturated rings. The molecule has 7 heteroatoms. The number of esters is 1. The van der Waals surface area contributed by atoms with Gasteiger partial charge in [0, 0.05) is 12.1 Å². The van der Waals surface area contributed by atoms with Crippen LogP contribution in [-0.2, 0) is 16.1 Å². The number of nitrogens with one attached hydrogen (secondary N) is 2. The molecular weight excluding hydrogens is 406 g/mol. The second-order valence-electron chi connectivity index (χ2n) is 7.01. The molecular formula is C25H23N3O4. The number of hydrazone groups is 1. The van der Waals surface area contributed by atoms with Crippen molar-refractivity contribution >= 4 is 23.5 Å². The summed E-state index contributed by atoms with van der Waals surface area (Å²) in [7, 11) is 0. The van der Waals surface area contributed by atoms with Gasteiger partial charge in [-0.2, -0.15) is 5.10 Å². The molecule has 32 heavy (non-hydrogen) atoms. The monoisotopic (exact) mass is 429 g/mol. The Hall–Kier alpha value is -4.26. The number of amides is 2. The molecule has 3 aromatic carbocycles. The Morgan fingerprint density at radius 3 is 2.16 bits per heavy atom. The molecule has 0 unspecified atom stereocenters. The van der Waals surface area contributed by atoms with Gasteiger partial charge in [-0.05, 0) is 43.2 Å². The van der Waals surface area contributed by atoms with Crippen LogP contribution in [0.1, 0.15) is 34.0 Å². The Kier molecular flexibility index (Phi) is 7.48. The van der Waals surface area contributed by atoms with Crippen LogP contribution in [-0.4, -0.2) is 23.5 Å². The van der Waals surface area contributed by atoms with Crippen molar-refractivity contribution in [2.24, 2.45) is 5.10 Å². The third kappa shape index (κ3) is 5.89. The van der Waals surface area contributed by atoms with Crippen molar-refractivity contribution in [3.8, 4) is 5.75 Å². The maximum absolute atomic E-state index is 12.6. The molecule has 162 valence electrons. The highest BCUT2D eigenvalue weighted by atomic mass is 16.5. The van der Waals surface area contributed by atoms with E-state index in [-0.39, 0.29) is 6.54 Å². The molecule has 0 saturated carbocycles. The fourth-order valence-corrected chi connectivity index (χ4v) is 2.92. The van der Waals surface area contributed by atoms with Gasteiger partial charge < -0.3 is 10.1 Å². The maximum Gasteiger partial charge on any atom is 0.343 e. The quantitative estimate of drug-likeness (QED) is 0.206. The van der Waals surface area contributed by atoms with E-state index >= 15 is 0 Å². The van der Waals surface area contributed by atoms with Gasteiger partial charge in [-0.3, -0.25) is 9.59 Å². The van der Waals surface area contributed by atoms with E-state index in [1.807, 2.05) is 49.4 Å². The lowest BCUT2D eigenvalue weighted by atomic mass is 10.1. The third-order valence-electron chi connectivity index (χ3n) is 4.67. The zero-order chi connectivity index (χ0) is 22.9. The summed E-state index contributed by atoms with van der Waals surface area (Å²) >= 11 is 0. The molecule has 0 heterocycles. The highest BCUT2D eigenvalue weighted by molar-refractivity contribution is 6.35. The summed E-state index contributed by atoms with van der Waals surface area (Å²) in [5.41, 5.74) is 5.26. The Morgan fingerprint density at radius 1 is 0.812 bits per heavy atom. The first-order valence-electron chi connectivity index (χ1n) is 9.99. The van der Waals surface area contributed by atoms with E-state index in [1.54, 1.807) is 43.3 Å². The standard InChI is InChI=1S/C25H23N3O4/c1-17-10-6-7-13-20(17)25(31)32-22-15-9-8-14-21(22)18(2)27-28-24(30)23(29)26-16-19-11-4-3-5-12-19/h3-15H,16H2,1-2H3,(H,26,29)(H,28,30). The molecule has 0 saturated heterocycles. The number of hydrogen-bond donors (Lipinski definition) is 2. The predicted molar refractivity (Wildman–Crippen MR) is 121 cm³/mol. The molecule has 2 amide bonds. The molecule has 2 N–H and O–H groups in total. The summed E-state index contributed by atoms with van der Waals surface area (Å²) in [5.74, 6) is -1.89. The predicted octanol–water partition coefficient (Wildman–Crippen LogP) is 3.37. The van der Waals surface area contributed by atoms with E-state index in [0.717, 1.165) is 11.1 Å². The van der Waals surface area contributed by atoms with Crippen LogP contribution in [0.4, 0.5) is 0 Å². The number of ether oxygens (including phenoxy) is 1. The van der Waals surface area contributed by atoms with E-state index in [0.29, 0.717) is 22.6 Å². The Morgan fingerprint density at radius 2 is 1.44 bits per heavy atom. The number of rotatable bonds is 6. The molecule has 3 rings (SSSR count). The number of nitrogens with zero attached hydrogens (tertiary/aromatic N) is 1. The summed E-state index contributed by atoms with van der Waals surface area (Å²) in [6.07, 6.45) is 0. The van der Waals surface area contributed by atoms with Crippen molar-refractivity contribution in [1.29, 1.82) is 0 Å². The number of aryl methyl sites for hydroxylation is 1. The van der Waals surface area contributed by atoms with Gasteiger partial charge in [-0.25, -0.2) is 10.2 Å². The van der Waals surface area contributed by atoms with Crippen LogP contribution < -0.4 is 15.5 Å². The van der Waals surface area contributed by atoms with Gasteiger partial charge >= 0.3 is 17.8 Å². The summed E-state index contributed by atoms with van der Waals surface area (Å²) in [5, 5.41) is 6.53. The van der Waals surface area contributed by atoms with Gasteiger partial charge in [-0.15, -0.1) is 0 Å². The van der Waals surface area contributed by atoms with Gasteiger partial charge in [-0.1, -0.05) is 60.7 Å². The lowest BCUT2D eigenvalue weighted by Crippen LogP contribution is -2.37. The zero-order valence-corrected chi connectivity index (χ0v) is 17.8. The van der Waals surface area contributed by atoms with Crippen molar-refractivity contribution in [2.45, 2.75) is 20.4 Å². The van der Waals surface area contributed by atoms with Gasteiger partial charge in [0.05, 0.1) is 11.3 Å². The molecule has 0 radical (unpaired) electrons. The fourth-order valence-electron chi connectivity index (χ4n) is 2.92. The van der Waals surface area contributed by atoms with Crippen molar-refractivity contribution < 1.29 is 19.1 Å². The second kappa shape index (κ2) is 10.7. The number of para-hydroxylation sites is 1. The maximum atomic E-state index is 12.6. The first-order valence-corrected chi connectivity index (χ1v) is 9.99. The number of carbonyl (C=O) groups excluding carboxylic acids is 3. The van der Waals surface area contributed by atoms with Gasteiger partial charge in [0.2, 0.25) is 0 Å². The summed E-state index contributed by atoms with van der Waals surface area (Å²) < 4.78 is 5.56. The summed E-state index contributed by atoms with van der Waals surface area (Å²) in [6.45, 7) is 3.70. The smallest absolute Gasteiger partial charge is 0.343 e. The number of hydrogen-bond acceptors (Lipinski definition) is 5. The third-order valence-corrected chi connectivity index (χ3v) is 4.67. The highest BCUT2D eigenvalue weighted by Gasteiger charge is 2.16. The van der Waals surface area contributed by atoms with E-state index < -0.39 is 17.8 Å². The molecule has 0 aliphatic carbocycles. The minimum atomic E-state index is -0.894. The van der Waals surface area contributed by atoms with Crippen LogP contribution in [0.15, 0.2) is 84.0 Å². The Balaban J connectivity index is 1.65. The van der Waals surface area contributed by atoms with Crippen molar-refractivity contribution in [2.75, 3.05) is 0 Å². The van der Waals surface area contributed by atoms with Gasteiger partial charge in [0.1, 0.15) is 5.75 Å². The molecule has 0 bridgehead atoms. The first-order chi connectivity index (χ1) is 15.5. The van der Waals surface area contributed by atoms with E-state index in [9.17, 15) is 14.4 Å². The van der Waals surface area contributed by atoms with Crippen LogP contribution >= 0.6 is 0 Å². The molecule has 0 aromatic heterocycles. The minimum absolute atomic E-state index is 0.230. The number of carbonyl (C=O) groups is 3. The van der Waals surface area contributed by atoms with Crippen LogP contribution in [0.2, 0.25) is 0 Å². The SMILES string of the molecule is CC(=NNC(=O)C(=O)NCc1ccccc1)c1ccccc1OC(=O)c1ccccc1C. The van der Waals surface area contributed by atoms with E-state index in [4.69, 9.17) is 4.74 Å². The Labute approximate surface area is 186 Å². The average molecular weight is 429 g/mol. The second-order valence-corrected chi connectivity index (χ2v) is 7.01. The van der Waals surface area contributed by atoms with E-state index in [1.165, 1.54) is 0 Å². The fraction of sp³-hybridized carbons (Fsp3) is 0.120. The topological polar surface area (TPSA) is 96.9 Å². The summed E-state index contributed by atoms with van der Waals surface area (Å²) in [4.78, 5) is 36.6. The lowest BCUT2D eigenvalue weighted by molar-refractivity contribution is -0.139. The normalized spacial score (nSPS) is 10.9. The van der Waals surface area contributed by atoms with Crippen molar-refractivity contribution in [3.05, 3.63) is 101 Å². The van der Waals surface area contributed by atoms with Gasteiger partial charge in [0.25, 0.3) is 0 Å². The molecule has 0 aliphatic rings. The van der Waals surface area contributed by atoms with Crippen LogP contribution in [0.25, 0.3) is 0 Å². The summed E-state index contributed by atoms with van der Waals surface area (Å²) in [6, 6.07) is 23.2.